The van der Waals surface area contributed by atoms with Crippen molar-refractivity contribution in [2.75, 3.05) is 0 Å². The Hall–Kier alpha value is -2.53. The SMILES string of the molecule is CC(C)(C)OC(=O)NC1CC=CC1.CC(C)(C)OC(=O)N[C@H]1CC[C@@H](O)C1.CC(C)(C)OC(=O)N[C@H]1CC[C@H](O)C1. The van der Waals surface area contributed by atoms with Crippen LogP contribution in [0, 0.1) is 0 Å². The number of carbonyl (C=O) groups excluding carboxylic acids is 3. The van der Waals surface area contributed by atoms with Gasteiger partial charge in [-0.15, -0.1) is 0 Å². The van der Waals surface area contributed by atoms with Crippen LogP contribution >= 0.6 is 0 Å². The Morgan fingerprint density at radius 3 is 1.10 bits per heavy atom. The van der Waals surface area contributed by atoms with E-state index in [1.807, 2.05) is 62.3 Å². The Bertz CT molecular complexity index is 803. The van der Waals surface area contributed by atoms with Gasteiger partial charge in [-0.1, -0.05) is 12.2 Å². The van der Waals surface area contributed by atoms with Crippen LogP contribution in [0.2, 0.25) is 0 Å². The van der Waals surface area contributed by atoms with Gasteiger partial charge in [0, 0.05) is 18.1 Å². The van der Waals surface area contributed by atoms with Crippen molar-refractivity contribution < 1.29 is 38.8 Å². The molecule has 11 nitrogen and oxygen atoms in total. The summed E-state index contributed by atoms with van der Waals surface area (Å²) in [5.41, 5.74) is -1.32. The van der Waals surface area contributed by atoms with Crippen molar-refractivity contribution in [3.63, 3.8) is 0 Å². The van der Waals surface area contributed by atoms with Crippen molar-refractivity contribution in [1.82, 2.24) is 16.0 Å². The van der Waals surface area contributed by atoms with Gasteiger partial charge in [0.2, 0.25) is 0 Å². The van der Waals surface area contributed by atoms with Crippen LogP contribution in [0.3, 0.4) is 0 Å². The van der Waals surface area contributed by atoms with Crippen LogP contribution in [0.4, 0.5) is 14.4 Å². The average Bonchev–Trinajstić information content (AvgIpc) is 3.48. The monoisotopic (exact) mass is 585 g/mol. The molecule has 0 aromatic carbocycles. The molecule has 0 heterocycles. The van der Waals surface area contributed by atoms with E-state index >= 15 is 0 Å². The molecule has 4 atom stereocenters. The third kappa shape index (κ3) is 19.3. The fourth-order valence-corrected chi connectivity index (χ4v) is 4.34. The quantitative estimate of drug-likeness (QED) is 0.227. The third-order valence-corrected chi connectivity index (χ3v) is 5.98. The van der Waals surface area contributed by atoms with E-state index in [0.29, 0.717) is 12.8 Å². The molecule has 238 valence electrons. The van der Waals surface area contributed by atoms with Crippen LogP contribution < -0.4 is 16.0 Å². The molecule has 0 unspecified atom stereocenters. The van der Waals surface area contributed by atoms with E-state index in [2.05, 4.69) is 28.1 Å². The Labute approximate surface area is 246 Å². The first kappa shape index (κ1) is 36.5. The molecule has 0 spiro atoms. The Morgan fingerprint density at radius 2 is 0.854 bits per heavy atom. The zero-order valence-electron chi connectivity index (χ0n) is 26.5. The van der Waals surface area contributed by atoms with Crippen molar-refractivity contribution in [3.05, 3.63) is 12.2 Å². The smallest absolute Gasteiger partial charge is 0.407 e. The molecular formula is C30H55N3O8. The number of alkyl carbamates (subject to hydrolysis) is 3. The summed E-state index contributed by atoms with van der Waals surface area (Å²) in [5, 5.41) is 26.8. The van der Waals surface area contributed by atoms with Crippen LogP contribution in [-0.2, 0) is 14.2 Å². The van der Waals surface area contributed by atoms with Crippen molar-refractivity contribution in [1.29, 1.82) is 0 Å². The minimum atomic E-state index is -0.457. The Morgan fingerprint density at radius 1 is 0.561 bits per heavy atom. The maximum Gasteiger partial charge on any atom is 0.407 e. The van der Waals surface area contributed by atoms with Gasteiger partial charge < -0.3 is 40.4 Å². The molecule has 41 heavy (non-hydrogen) atoms. The maximum atomic E-state index is 11.3. The van der Waals surface area contributed by atoms with Gasteiger partial charge in [0.1, 0.15) is 16.8 Å². The predicted octanol–water partition coefficient (Wildman–Crippen LogP) is 5.08. The molecule has 0 radical (unpaired) electrons. The molecule has 2 saturated carbocycles. The van der Waals surface area contributed by atoms with Crippen molar-refractivity contribution >= 4 is 18.3 Å². The molecule has 2 fully saturated rings. The molecule has 3 amide bonds. The van der Waals surface area contributed by atoms with E-state index in [9.17, 15) is 24.6 Å². The fourth-order valence-electron chi connectivity index (χ4n) is 4.34. The lowest BCUT2D eigenvalue weighted by atomic mass is 10.2. The van der Waals surface area contributed by atoms with E-state index in [1.165, 1.54) is 0 Å². The highest BCUT2D eigenvalue weighted by Crippen LogP contribution is 2.20. The predicted molar refractivity (Wildman–Crippen MR) is 158 cm³/mol. The van der Waals surface area contributed by atoms with Gasteiger partial charge in [-0.3, -0.25) is 0 Å². The molecule has 0 aromatic heterocycles. The zero-order chi connectivity index (χ0) is 31.4. The second kappa shape index (κ2) is 16.2. The summed E-state index contributed by atoms with van der Waals surface area (Å²) in [6, 6.07) is 0.370. The van der Waals surface area contributed by atoms with E-state index in [0.717, 1.165) is 38.5 Å². The molecule has 0 aromatic rings. The van der Waals surface area contributed by atoms with Crippen LogP contribution in [0.15, 0.2) is 12.2 Å². The van der Waals surface area contributed by atoms with Crippen LogP contribution in [-0.4, -0.2) is 75.6 Å². The van der Waals surface area contributed by atoms with Crippen LogP contribution in [0.1, 0.15) is 114 Å². The summed E-state index contributed by atoms with van der Waals surface area (Å²) in [6.07, 6.45) is 8.81. The average molecular weight is 586 g/mol. The number of ether oxygens (including phenoxy) is 3. The number of nitrogens with one attached hydrogen (secondary N) is 3. The van der Waals surface area contributed by atoms with E-state index in [-0.39, 0.29) is 36.4 Å². The minimum Gasteiger partial charge on any atom is -0.444 e. The largest absolute Gasteiger partial charge is 0.444 e. The fraction of sp³-hybridized carbons (Fsp3) is 0.833. The number of aliphatic hydroxyl groups excluding tert-OH is 2. The highest BCUT2D eigenvalue weighted by molar-refractivity contribution is 5.69. The molecule has 3 aliphatic rings. The van der Waals surface area contributed by atoms with Gasteiger partial charge in [-0.05, 0) is 114 Å². The lowest BCUT2D eigenvalue weighted by Gasteiger charge is -2.21. The van der Waals surface area contributed by atoms with Crippen molar-refractivity contribution in [2.24, 2.45) is 0 Å². The van der Waals surface area contributed by atoms with E-state index < -0.39 is 29.0 Å². The molecule has 11 heteroatoms. The van der Waals surface area contributed by atoms with E-state index in [4.69, 9.17) is 14.2 Å². The van der Waals surface area contributed by atoms with Crippen LogP contribution in [0.25, 0.3) is 0 Å². The summed E-state index contributed by atoms with van der Waals surface area (Å²) in [5.74, 6) is 0. The summed E-state index contributed by atoms with van der Waals surface area (Å²) < 4.78 is 15.3. The summed E-state index contributed by atoms with van der Waals surface area (Å²) in [7, 11) is 0. The molecule has 0 bridgehead atoms. The van der Waals surface area contributed by atoms with E-state index in [1.54, 1.807) is 0 Å². The maximum absolute atomic E-state index is 11.3. The van der Waals surface area contributed by atoms with Crippen LogP contribution in [0.5, 0.6) is 0 Å². The normalized spacial score (nSPS) is 24.3. The van der Waals surface area contributed by atoms with Gasteiger partial charge in [0.15, 0.2) is 0 Å². The first-order valence-electron chi connectivity index (χ1n) is 14.7. The first-order valence-corrected chi connectivity index (χ1v) is 14.7. The second-order valence-electron chi connectivity index (χ2n) is 13.9. The lowest BCUT2D eigenvalue weighted by molar-refractivity contribution is 0.0489. The van der Waals surface area contributed by atoms with Crippen molar-refractivity contribution in [3.8, 4) is 0 Å². The third-order valence-electron chi connectivity index (χ3n) is 5.98. The second-order valence-corrected chi connectivity index (χ2v) is 13.9. The van der Waals surface area contributed by atoms with Gasteiger partial charge >= 0.3 is 18.3 Å². The molecule has 0 aliphatic heterocycles. The number of rotatable bonds is 3. The molecule has 3 aliphatic carbocycles. The highest BCUT2D eigenvalue weighted by Gasteiger charge is 2.27. The summed E-state index contributed by atoms with van der Waals surface area (Å²) >= 11 is 0. The molecule has 3 rings (SSSR count). The molecular weight excluding hydrogens is 530 g/mol. The zero-order valence-corrected chi connectivity index (χ0v) is 26.5. The summed E-state index contributed by atoms with van der Waals surface area (Å²) in [4.78, 5) is 33.9. The van der Waals surface area contributed by atoms with Gasteiger partial charge in [0.25, 0.3) is 0 Å². The number of hydrogen-bond acceptors (Lipinski definition) is 8. The highest BCUT2D eigenvalue weighted by atomic mass is 16.6. The topological polar surface area (TPSA) is 155 Å². The number of hydrogen-bond donors (Lipinski definition) is 5. The Kier molecular flexibility index (Phi) is 14.4. The standard InChI is InChI=1S/2C10H19NO3.C10H17NO2/c2*1-10(2,3)14-9(13)11-7-4-5-8(12)6-7;1-10(2,3)13-9(12)11-8-6-4-5-7-8/h2*7-8,12H,4-6H2,1-3H3,(H,11,13);4-5,8H,6-7H2,1-3H3,(H,11,12)/t7-,8+;7-,8-;/m00./s1. The lowest BCUT2D eigenvalue weighted by Crippen LogP contribution is -2.38. The number of amides is 3. The first-order chi connectivity index (χ1) is 18.7. The van der Waals surface area contributed by atoms with Gasteiger partial charge in [-0.25, -0.2) is 14.4 Å². The summed E-state index contributed by atoms with van der Waals surface area (Å²) in [6.45, 7) is 16.6. The number of carbonyl (C=O) groups is 3. The Balaban J connectivity index is 0.000000308. The molecule has 5 N–H and O–H groups in total. The number of aliphatic hydroxyl groups is 2. The van der Waals surface area contributed by atoms with Gasteiger partial charge in [-0.2, -0.15) is 0 Å². The van der Waals surface area contributed by atoms with Crippen molar-refractivity contribution in [2.45, 2.75) is 161 Å². The molecule has 0 saturated heterocycles. The minimum absolute atomic E-state index is 0.0693. The van der Waals surface area contributed by atoms with Gasteiger partial charge in [0.05, 0.1) is 12.2 Å².